The summed E-state index contributed by atoms with van der Waals surface area (Å²) in [6.07, 6.45) is -0.501. The van der Waals surface area contributed by atoms with Crippen LogP contribution in [0.15, 0.2) is 30.3 Å². The molecule has 3 rings (SSSR count). The van der Waals surface area contributed by atoms with E-state index in [1.807, 2.05) is 0 Å². The highest BCUT2D eigenvalue weighted by atomic mass is 16.6. The summed E-state index contributed by atoms with van der Waals surface area (Å²) < 4.78 is 0. The Bertz CT molecular complexity index is 1030. The van der Waals surface area contributed by atoms with Crippen LogP contribution in [0.25, 0.3) is 10.8 Å². The van der Waals surface area contributed by atoms with Crippen LogP contribution in [0.1, 0.15) is 33.6 Å². The van der Waals surface area contributed by atoms with E-state index in [2.05, 4.69) is 0 Å². The lowest BCUT2D eigenvalue weighted by atomic mass is 9.91. The summed E-state index contributed by atoms with van der Waals surface area (Å²) in [7, 11) is 0. The van der Waals surface area contributed by atoms with Gasteiger partial charge >= 0.3 is 0 Å². The third-order valence-electron chi connectivity index (χ3n) is 4.38. The van der Waals surface area contributed by atoms with Gasteiger partial charge in [-0.25, -0.2) is 0 Å². The molecule has 2 aromatic carbocycles. The number of nitro groups is 1. The lowest BCUT2D eigenvalue weighted by Crippen LogP contribution is -2.52. The summed E-state index contributed by atoms with van der Waals surface area (Å²) in [6, 6.07) is 5.42. The molecule has 1 atom stereocenters. The van der Waals surface area contributed by atoms with Crippen molar-refractivity contribution in [2.75, 3.05) is 0 Å². The second kappa shape index (κ2) is 6.48. The number of hydrogen-bond donors (Lipinski definition) is 2. The molecule has 0 saturated heterocycles. The highest BCUT2D eigenvalue weighted by Gasteiger charge is 2.40. The minimum Gasteiger partial charge on any atom is -0.370 e. The molecule has 0 spiro atoms. The third kappa shape index (κ3) is 2.97. The van der Waals surface area contributed by atoms with Crippen molar-refractivity contribution in [3.63, 3.8) is 0 Å². The van der Waals surface area contributed by atoms with Crippen LogP contribution >= 0.6 is 0 Å². The molecule has 1 aliphatic rings. The Labute approximate surface area is 151 Å². The summed E-state index contributed by atoms with van der Waals surface area (Å²) in [5.74, 6) is -3.36. The summed E-state index contributed by atoms with van der Waals surface area (Å²) in [5, 5.41) is 11.8. The van der Waals surface area contributed by atoms with E-state index in [1.54, 1.807) is 6.07 Å². The first-order valence-electron chi connectivity index (χ1n) is 7.89. The van der Waals surface area contributed by atoms with Crippen LogP contribution in [0.2, 0.25) is 0 Å². The van der Waals surface area contributed by atoms with E-state index >= 15 is 0 Å². The molecule has 0 aliphatic carbocycles. The Hall–Kier alpha value is -3.82. The Morgan fingerprint density at radius 3 is 2.37 bits per heavy atom. The van der Waals surface area contributed by atoms with Gasteiger partial charge in [0.1, 0.15) is 6.04 Å². The fourth-order valence-corrected chi connectivity index (χ4v) is 3.18. The summed E-state index contributed by atoms with van der Waals surface area (Å²) in [5.41, 5.74) is 10.1. The van der Waals surface area contributed by atoms with Gasteiger partial charge in [0.25, 0.3) is 17.5 Å². The lowest BCUT2D eigenvalue weighted by Gasteiger charge is -2.32. The van der Waals surface area contributed by atoms with Crippen LogP contribution < -0.4 is 11.5 Å². The number of nitrogens with two attached hydrogens (primary N) is 2. The molecule has 0 bridgehead atoms. The molecular weight excluding hydrogens is 356 g/mol. The highest BCUT2D eigenvalue weighted by Crippen LogP contribution is 2.34. The van der Waals surface area contributed by atoms with Gasteiger partial charge < -0.3 is 11.5 Å². The molecule has 1 heterocycles. The quantitative estimate of drug-likeness (QED) is 0.425. The number of imide groups is 1. The predicted molar refractivity (Wildman–Crippen MR) is 92.5 cm³/mol. The van der Waals surface area contributed by atoms with Crippen molar-refractivity contribution in [3.8, 4) is 0 Å². The Morgan fingerprint density at radius 1 is 1.11 bits per heavy atom. The van der Waals surface area contributed by atoms with Gasteiger partial charge in [-0.3, -0.25) is 34.2 Å². The van der Waals surface area contributed by atoms with Gasteiger partial charge in [0.2, 0.25) is 11.8 Å². The molecule has 27 heavy (non-hydrogen) atoms. The molecule has 0 radical (unpaired) electrons. The fraction of sp³-hybridized carbons (Fsp3) is 0.176. The first kappa shape index (κ1) is 18.0. The number of rotatable bonds is 6. The van der Waals surface area contributed by atoms with Gasteiger partial charge in [0, 0.05) is 29.5 Å². The Morgan fingerprint density at radius 2 is 1.78 bits per heavy atom. The van der Waals surface area contributed by atoms with Crippen LogP contribution in [0.4, 0.5) is 5.69 Å². The van der Waals surface area contributed by atoms with Crippen LogP contribution in [0, 0.1) is 10.1 Å². The van der Waals surface area contributed by atoms with E-state index in [0.717, 1.165) is 6.07 Å². The normalized spacial score (nSPS) is 14.3. The summed E-state index contributed by atoms with van der Waals surface area (Å²) in [4.78, 5) is 59.9. The number of nitro benzene ring substituents is 1. The lowest BCUT2D eigenvalue weighted by molar-refractivity contribution is -0.384. The van der Waals surface area contributed by atoms with Crippen molar-refractivity contribution < 1.29 is 24.1 Å². The maximum Gasteiger partial charge on any atom is 0.270 e. The largest absolute Gasteiger partial charge is 0.370 e. The SMILES string of the molecule is NC(=O)CC[C@H](C(N)=O)N1C(=O)c2cccc3cc([N+](=O)[O-])cc(c23)C1=O. The maximum absolute atomic E-state index is 12.9. The van der Waals surface area contributed by atoms with Crippen molar-refractivity contribution in [2.45, 2.75) is 18.9 Å². The second-order valence-electron chi connectivity index (χ2n) is 6.06. The fourth-order valence-electron chi connectivity index (χ4n) is 3.18. The molecule has 0 unspecified atom stereocenters. The number of primary amides is 2. The van der Waals surface area contributed by atoms with E-state index < -0.39 is 34.6 Å². The number of benzene rings is 2. The molecule has 0 aromatic heterocycles. The third-order valence-corrected chi connectivity index (χ3v) is 4.38. The number of amides is 4. The van der Waals surface area contributed by atoms with Crippen molar-refractivity contribution in [3.05, 3.63) is 51.6 Å². The minimum atomic E-state index is -1.40. The Kier molecular flexibility index (Phi) is 4.32. The number of carbonyl (C=O) groups is 4. The number of hydrogen-bond acceptors (Lipinski definition) is 6. The van der Waals surface area contributed by atoms with Crippen LogP contribution in [0.3, 0.4) is 0 Å². The van der Waals surface area contributed by atoms with E-state index in [1.165, 1.54) is 18.2 Å². The zero-order valence-corrected chi connectivity index (χ0v) is 13.9. The molecular formula is C17H14N4O6. The zero-order valence-electron chi connectivity index (χ0n) is 13.9. The zero-order chi connectivity index (χ0) is 19.9. The number of nitrogens with zero attached hydrogens (tertiary/aromatic N) is 2. The number of non-ortho nitro benzene ring substituents is 1. The molecule has 4 amide bonds. The molecule has 0 fully saturated rings. The van der Waals surface area contributed by atoms with Crippen LogP contribution in [-0.2, 0) is 9.59 Å². The van der Waals surface area contributed by atoms with Crippen molar-refractivity contribution in [2.24, 2.45) is 11.5 Å². The molecule has 138 valence electrons. The van der Waals surface area contributed by atoms with Crippen molar-refractivity contribution in [1.82, 2.24) is 4.90 Å². The monoisotopic (exact) mass is 370 g/mol. The molecule has 4 N–H and O–H groups in total. The van der Waals surface area contributed by atoms with Crippen LogP contribution in [-0.4, -0.2) is 39.5 Å². The first-order chi connectivity index (χ1) is 12.7. The minimum absolute atomic E-state index is 0.0836. The van der Waals surface area contributed by atoms with Gasteiger partial charge in [-0.15, -0.1) is 0 Å². The van der Waals surface area contributed by atoms with Crippen molar-refractivity contribution >= 4 is 40.1 Å². The van der Waals surface area contributed by atoms with Gasteiger partial charge in [-0.2, -0.15) is 0 Å². The average molecular weight is 370 g/mol. The van der Waals surface area contributed by atoms with Crippen molar-refractivity contribution in [1.29, 1.82) is 0 Å². The van der Waals surface area contributed by atoms with E-state index in [9.17, 15) is 29.3 Å². The smallest absolute Gasteiger partial charge is 0.270 e. The molecule has 1 aliphatic heterocycles. The topological polar surface area (TPSA) is 167 Å². The van der Waals surface area contributed by atoms with Gasteiger partial charge in [-0.05, 0) is 17.9 Å². The first-order valence-corrected chi connectivity index (χ1v) is 7.89. The Balaban J connectivity index is 2.19. The van der Waals surface area contributed by atoms with Crippen LogP contribution in [0.5, 0.6) is 0 Å². The molecule has 0 saturated carbocycles. The molecule has 10 heteroatoms. The number of carbonyl (C=O) groups excluding carboxylic acids is 4. The van der Waals surface area contributed by atoms with Gasteiger partial charge in [0.05, 0.1) is 10.5 Å². The maximum atomic E-state index is 12.9. The van der Waals surface area contributed by atoms with E-state index in [4.69, 9.17) is 11.5 Å². The standard InChI is InChI=1S/C17H14N4O6/c18-13(22)5-4-12(15(19)23)20-16(24)10-3-1-2-8-6-9(21(26)27)7-11(14(8)10)17(20)25/h1-3,6-7,12H,4-5H2,(H2,18,22)(H2,19,23)/t12-/m1/s1. The average Bonchev–Trinajstić information content (AvgIpc) is 2.61. The van der Waals surface area contributed by atoms with Gasteiger partial charge in [0.15, 0.2) is 0 Å². The highest BCUT2D eigenvalue weighted by molar-refractivity contribution is 6.26. The predicted octanol–water partition coefficient (Wildman–Crippen LogP) is 0.463. The van der Waals surface area contributed by atoms with E-state index in [-0.39, 0.29) is 35.0 Å². The summed E-state index contributed by atoms with van der Waals surface area (Å²) >= 11 is 0. The molecule has 2 aromatic rings. The summed E-state index contributed by atoms with van der Waals surface area (Å²) in [6.45, 7) is 0. The van der Waals surface area contributed by atoms with E-state index in [0.29, 0.717) is 10.3 Å². The molecule has 10 nitrogen and oxygen atoms in total. The second-order valence-corrected chi connectivity index (χ2v) is 6.06. The van der Waals surface area contributed by atoms with Gasteiger partial charge in [-0.1, -0.05) is 12.1 Å².